The molecular weight excluding hydrogens is 206 g/mol. The number of thiophene rings is 1. The lowest BCUT2D eigenvalue weighted by Gasteiger charge is -2.13. The minimum Gasteiger partial charge on any atom is -0.349 e. The number of aryl methyl sites for hydroxylation is 2. The lowest BCUT2D eigenvalue weighted by Crippen LogP contribution is -2.27. The van der Waals surface area contributed by atoms with Crippen molar-refractivity contribution in [3.05, 3.63) is 21.4 Å². The van der Waals surface area contributed by atoms with Gasteiger partial charge in [-0.15, -0.1) is 11.3 Å². The molecule has 0 radical (unpaired) electrons. The number of hydrogen-bond donors (Lipinski definition) is 1. The molecule has 1 aliphatic carbocycles. The van der Waals surface area contributed by atoms with Crippen LogP contribution in [0, 0.1) is 19.8 Å². The Labute approximate surface area is 94.7 Å². The summed E-state index contributed by atoms with van der Waals surface area (Å²) in [6.07, 6.45) is 2.14. The topological polar surface area (TPSA) is 29.1 Å². The van der Waals surface area contributed by atoms with Crippen molar-refractivity contribution in [2.75, 3.05) is 0 Å². The zero-order valence-corrected chi connectivity index (χ0v) is 10.3. The molecule has 3 heteroatoms. The molecule has 0 aromatic carbocycles. The molecule has 1 aromatic rings. The number of rotatable bonds is 3. The second kappa shape index (κ2) is 3.97. The number of nitrogens with one attached hydrogen (secondary N) is 1. The Hall–Kier alpha value is -0.830. The summed E-state index contributed by atoms with van der Waals surface area (Å²) in [7, 11) is 0. The third kappa shape index (κ3) is 2.40. The molecule has 2 rings (SSSR count). The van der Waals surface area contributed by atoms with E-state index >= 15 is 0 Å². The van der Waals surface area contributed by atoms with E-state index in [1.165, 1.54) is 15.3 Å². The Bertz CT molecular complexity index is 379. The van der Waals surface area contributed by atoms with E-state index in [2.05, 4.69) is 32.2 Å². The first-order chi connectivity index (χ1) is 7.08. The number of carbonyl (C=O) groups is 1. The van der Waals surface area contributed by atoms with Crippen molar-refractivity contribution < 1.29 is 4.79 Å². The molecule has 1 aliphatic rings. The molecular formula is C12H17NOS. The van der Waals surface area contributed by atoms with Crippen LogP contribution in [0.5, 0.6) is 0 Å². The molecule has 0 bridgehead atoms. The van der Waals surface area contributed by atoms with E-state index in [-0.39, 0.29) is 11.9 Å². The molecule has 1 heterocycles. The first kappa shape index (κ1) is 10.7. The van der Waals surface area contributed by atoms with Crippen LogP contribution in [-0.4, -0.2) is 5.91 Å². The highest BCUT2D eigenvalue weighted by Gasteiger charge is 2.30. The molecule has 1 N–H and O–H groups in total. The fourth-order valence-electron chi connectivity index (χ4n) is 1.83. The third-order valence-electron chi connectivity index (χ3n) is 2.85. The molecule has 1 amide bonds. The first-order valence-electron chi connectivity index (χ1n) is 5.45. The van der Waals surface area contributed by atoms with Crippen molar-refractivity contribution in [1.29, 1.82) is 0 Å². The maximum absolute atomic E-state index is 11.6. The maximum atomic E-state index is 11.6. The highest BCUT2D eigenvalue weighted by atomic mass is 32.1. The molecule has 1 atom stereocenters. The number of carbonyl (C=O) groups excluding carboxylic acids is 1. The van der Waals surface area contributed by atoms with E-state index in [1.54, 1.807) is 11.3 Å². The molecule has 1 fully saturated rings. The van der Waals surface area contributed by atoms with Gasteiger partial charge >= 0.3 is 0 Å². The smallest absolute Gasteiger partial charge is 0.223 e. The highest BCUT2D eigenvalue weighted by Crippen LogP contribution is 2.31. The van der Waals surface area contributed by atoms with Crippen molar-refractivity contribution in [1.82, 2.24) is 5.32 Å². The summed E-state index contributed by atoms with van der Waals surface area (Å²) in [5.74, 6) is 0.526. The molecule has 0 aliphatic heterocycles. The van der Waals surface area contributed by atoms with Gasteiger partial charge in [0.25, 0.3) is 0 Å². The molecule has 82 valence electrons. The van der Waals surface area contributed by atoms with Crippen LogP contribution in [0.4, 0.5) is 0 Å². The average Bonchev–Trinajstić information content (AvgIpc) is 2.92. The third-order valence-corrected chi connectivity index (χ3v) is 3.83. The van der Waals surface area contributed by atoms with Gasteiger partial charge in [-0.3, -0.25) is 4.79 Å². The van der Waals surface area contributed by atoms with Crippen LogP contribution < -0.4 is 5.32 Å². The molecule has 0 saturated heterocycles. The lowest BCUT2D eigenvalue weighted by molar-refractivity contribution is -0.122. The average molecular weight is 223 g/mol. The van der Waals surface area contributed by atoms with Crippen LogP contribution >= 0.6 is 11.3 Å². The van der Waals surface area contributed by atoms with Gasteiger partial charge in [-0.05, 0) is 45.2 Å². The second-order valence-electron chi connectivity index (χ2n) is 4.37. The van der Waals surface area contributed by atoms with Crippen LogP contribution in [0.3, 0.4) is 0 Å². The van der Waals surface area contributed by atoms with Gasteiger partial charge in [0.15, 0.2) is 0 Å². The van der Waals surface area contributed by atoms with Gasteiger partial charge in [0.1, 0.15) is 0 Å². The van der Waals surface area contributed by atoms with E-state index in [1.807, 2.05) is 0 Å². The Balaban J connectivity index is 2.03. The summed E-state index contributed by atoms with van der Waals surface area (Å²) < 4.78 is 0. The van der Waals surface area contributed by atoms with Crippen LogP contribution in [0.1, 0.15) is 41.1 Å². The summed E-state index contributed by atoms with van der Waals surface area (Å²) in [6, 6.07) is 2.33. The van der Waals surface area contributed by atoms with Gasteiger partial charge in [0, 0.05) is 15.7 Å². The fourth-order valence-corrected chi connectivity index (χ4v) is 2.86. The Kier molecular flexibility index (Phi) is 2.83. The van der Waals surface area contributed by atoms with Crippen LogP contribution in [0.25, 0.3) is 0 Å². The Morgan fingerprint density at radius 1 is 1.53 bits per heavy atom. The predicted molar refractivity (Wildman–Crippen MR) is 63.1 cm³/mol. The lowest BCUT2D eigenvalue weighted by atomic mass is 10.1. The van der Waals surface area contributed by atoms with Gasteiger partial charge in [-0.1, -0.05) is 0 Å². The second-order valence-corrected chi connectivity index (χ2v) is 5.83. The molecule has 1 unspecified atom stereocenters. The van der Waals surface area contributed by atoms with Crippen molar-refractivity contribution in [3.63, 3.8) is 0 Å². The number of hydrogen-bond acceptors (Lipinski definition) is 2. The van der Waals surface area contributed by atoms with Crippen molar-refractivity contribution >= 4 is 17.2 Å². The van der Waals surface area contributed by atoms with Gasteiger partial charge in [0.05, 0.1) is 6.04 Å². The van der Waals surface area contributed by atoms with E-state index in [0.29, 0.717) is 5.92 Å². The van der Waals surface area contributed by atoms with Gasteiger partial charge in [-0.25, -0.2) is 0 Å². The summed E-state index contributed by atoms with van der Waals surface area (Å²) in [5.41, 5.74) is 1.27. The van der Waals surface area contributed by atoms with E-state index < -0.39 is 0 Å². The van der Waals surface area contributed by atoms with E-state index in [0.717, 1.165) is 12.8 Å². The monoisotopic (exact) mass is 223 g/mol. The Morgan fingerprint density at radius 2 is 2.20 bits per heavy atom. The Morgan fingerprint density at radius 3 is 2.67 bits per heavy atom. The fraction of sp³-hybridized carbons (Fsp3) is 0.583. The van der Waals surface area contributed by atoms with E-state index in [4.69, 9.17) is 0 Å². The van der Waals surface area contributed by atoms with Crippen molar-refractivity contribution in [2.24, 2.45) is 5.92 Å². The number of amides is 1. The SMILES string of the molecule is Cc1cc(C(C)NC(=O)C2CC2)c(C)s1. The maximum Gasteiger partial charge on any atom is 0.223 e. The zero-order chi connectivity index (χ0) is 11.0. The standard InChI is InChI=1S/C12H17NOS/c1-7-6-11(9(3)15-7)8(2)13-12(14)10-4-5-10/h6,8,10H,4-5H2,1-3H3,(H,13,14). The minimum absolute atomic E-state index is 0.156. The van der Waals surface area contributed by atoms with Gasteiger partial charge < -0.3 is 5.32 Å². The molecule has 1 saturated carbocycles. The summed E-state index contributed by atoms with van der Waals surface area (Å²) in [4.78, 5) is 14.2. The molecule has 15 heavy (non-hydrogen) atoms. The minimum atomic E-state index is 0.156. The van der Waals surface area contributed by atoms with Crippen molar-refractivity contribution in [2.45, 2.75) is 39.7 Å². The summed E-state index contributed by atoms with van der Waals surface area (Å²) in [6.45, 7) is 6.29. The highest BCUT2D eigenvalue weighted by molar-refractivity contribution is 7.12. The zero-order valence-electron chi connectivity index (χ0n) is 9.46. The predicted octanol–water partition coefficient (Wildman–Crippen LogP) is 2.95. The summed E-state index contributed by atoms with van der Waals surface area (Å²) in [5, 5.41) is 3.08. The largest absolute Gasteiger partial charge is 0.349 e. The molecule has 2 nitrogen and oxygen atoms in total. The molecule has 1 aromatic heterocycles. The van der Waals surface area contributed by atoms with Crippen molar-refractivity contribution in [3.8, 4) is 0 Å². The van der Waals surface area contributed by atoms with Gasteiger partial charge in [0.2, 0.25) is 5.91 Å². The van der Waals surface area contributed by atoms with Crippen LogP contribution in [-0.2, 0) is 4.79 Å². The van der Waals surface area contributed by atoms with Gasteiger partial charge in [-0.2, -0.15) is 0 Å². The molecule has 0 spiro atoms. The first-order valence-corrected chi connectivity index (χ1v) is 6.27. The quantitative estimate of drug-likeness (QED) is 0.838. The normalized spacial score (nSPS) is 17.5. The summed E-state index contributed by atoms with van der Waals surface area (Å²) >= 11 is 1.80. The van der Waals surface area contributed by atoms with E-state index in [9.17, 15) is 4.79 Å². The van der Waals surface area contributed by atoms with Crippen LogP contribution in [0.2, 0.25) is 0 Å². The van der Waals surface area contributed by atoms with Crippen LogP contribution in [0.15, 0.2) is 6.07 Å².